The highest BCUT2D eigenvalue weighted by molar-refractivity contribution is 6.01. The number of hydrogen-bond acceptors (Lipinski definition) is 2. The van der Waals surface area contributed by atoms with Gasteiger partial charge in [0.05, 0.1) is 0 Å². The van der Waals surface area contributed by atoms with Crippen LogP contribution in [0.15, 0.2) is 54.6 Å². The predicted octanol–water partition coefficient (Wildman–Crippen LogP) is 3.32. The van der Waals surface area contributed by atoms with Crippen LogP contribution in [0, 0.1) is 6.92 Å². The monoisotopic (exact) mass is 238 g/mol. The predicted molar refractivity (Wildman–Crippen MR) is 69.6 cm³/mol. The van der Waals surface area contributed by atoms with Gasteiger partial charge in [0, 0.05) is 5.56 Å². The molecule has 0 radical (unpaired) electrons. The van der Waals surface area contributed by atoms with E-state index in [-0.39, 0.29) is 18.0 Å². The lowest BCUT2D eigenvalue weighted by Gasteiger charge is -2.01. The van der Waals surface area contributed by atoms with Crippen LogP contribution in [0.5, 0.6) is 0 Å². The van der Waals surface area contributed by atoms with Crippen LogP contribution in [0.1, 0.15) is 27.6 Å². The third kappa shape index (κ3) is 1.95. The summed E-state index contributed by atoms with van der Waals surface area (Å²) < 4.78 is 5.55. The van der Waals surface area contributed by atoms with E-state index in [1.54, 1.807) is 0 Å². The van der Waals surface area contributed by atoms with E-state index in [9.17, 15) is 4.79 Å². The van der Waals surface area contributed by atoms with Gasteiger partial charge in [-0.25, -0.2) is 0 Å². The number of benzene rings is 2. The van der Waals surface area contributed by atoms with Crippen molar-refractivity contribution in [3.05, 3.63) is 71.3 Å². The van der Waals surface area contributed by atoms with Crippen LogP contribution in [0.3, 0.4) is 0 Å². The average molecular weight is 238 g/mol. The van der Waals surface area contributed by atoms with Gasteiger partial charge in [-0.05, 0) is 18.1 Å². The molecule has 18 heavy (non-hydrogen) atoms. The maximum Gasteiger partial charge on any atom is 0.194 e. The minimum Gasteiger partial charge on any atom is -0.356 e. The fourth-order valence-corrected chi connectivity index (χ4v) is 2.22. The Bertz CT molecular complexity index is 575. The van der Waals surface area contributed by atoms with E-state index < -0.39 is 0 Å². The molecule has 2 aromatic rings. The van der Waals surface area contributed by atoms with E-state index >= 15 is 0 Å². The van der Waals surface area contributed by atoms with E-state index in [1.807, 2.05) is 61.5 Å². The van der Waals surface area contributed by atoms with E-state index in [0.29, 0.717) is 0 Å². The molecule has 1 fully saturated rings. The summed E-state index contributed by atoms with van der Waals surface area (Å²) in [5.74, 6) is 0.0730. The van der Waals surface area contributed by atoms with Crippen molar-refractivity contribution in [1.29, 1.82) is 0 Å². The zero-order chi connectivity index (χ0) is 12.5. The van der Waals surface area contributed by atoms with Gasteiger partial charge in [-0.15, -0.1) is 0 Å². The first-order valence-corrected chi connectivity index (χ1v) is 6.07. The number of Topliss-reactive ketones (excluding diaryl/α,β-unsaturated/α-hetero) is 1. The first-order valence-electron chi connectivity index (χ1n) is 6.07. The van der Waals surface area contributed by atoms with Crippen molar-refractivity contribution in [3.8, 4) is 0 Å². The summed E-state index contributed by atoms with van der Waals surface area (Å²) in [4.78, 5) is 12.2. The third-order valence-electron chi connectivity index (χ3n) is 3.30. The van der Waals surface area contributed by atoms with Crippen LogP contribution in [-0.2, 0) is 4.74 Å². The van der Waals surface area contributed by atoms with Gasteiger partial charge in [0.1, 0.15) is 6.10 Å². The molecule has 1 aliphatic rings. The summed E-state index contributed by atoms with van der Waals surface area (Å²) in [7, 11) is 0. The largest absolute Gasteiger partial charge is 0.356 e. The normalized spacial score (nSPS) is 21.6. The number of carbonyl (C=O) groups excluding carboxylic acids is 1. The molecule has 0 bridgehead atoms. The standard InChI is InChI=1S/C16H14O2/c1-11-7-5-6-10-13(11)15-16(18-15)14(17)12-8-3-2-4-9-12/h2-10,15-16H,1H3/t15-,16-/m1/s1. The molecule has 1 aliphatic heterocycles. The van der Waals surface area contributed by atoms with Crippen LogP contribution in [0.4, 0.5) is 0 Å². The molecule has 2 heteroatoms. The Morgan fingerprint density at radius 2 is 1.67 bits per heavy atom. The fourth-order valence-electron chi connectivity index (χ4n) is 2.22. The Balaban J connectivity index is 1.79. The average Bonchev–Trinajstić information content (AvgIpc) is 3.20. The molecule has 1 heterocycles. The van der Waals surface area contributed by atoms with Gasteiger partial charge >= 0.3 is 0 Å². The number of hydrogen-bond donors (Lipinski definition) is 0. The van der Waals surface area contributed by atoms with E-state index in [2.05, 4.69) is 0 Å². The Labute approximate surface area is 106 Å². The molecule has 0 unspecified atom stereocenters. The highest BCUT2D eigenvalue weighted by Gasteiger charge is 2.46. The summed E-state index contributed by atoms with van der Waals surface area (Å²) in [6, 6.07) is 17.4. The number of aryl methyl sites for hydroxylation is 1. The Hall–Kier alpha value is -1.93. The molecule has 0 amide bonds. The van der Waals surface area contributed by atoms with Crippen molar-refractivity contribution in [3.63, 3.8) is 0 Å². The molecule has 1 saturated heterocycles. The second-order valence-electron chi connectivity index (χ2n) is 4.56. The minimum atomic E-state index is -0.312. The van der Waals surface area contributed by atoms with E-state index in [0.717, 1.165) is 11.1 Å². The van der Waals surface area contributed by atoms with Crippen molar-refractivity contribution in [2.75, 3.05) is 0 Å². The summed E-state index contributed by atoms with van der Waals surface area (Å²) >= 11 is 0. The lowest BCUT2D eigenvalue weighted by molar-refractivity contribution is 0.0953. The molecular weight excluding hydrogens is 224 g/mol. The van der Waals surface area contributed by atoms with Crippen molar-refractivity contribution in [2.45, 2.75) is 19.1 Å². The van der Waals surface area contributed by atoms with Gasteiger partial charge in [0.25, 0.3) is 0 Å². The number of epoxide rings is 1. The fraction of sp³-hybridized carbons (Fsp3) is 0.188. The number of carbonyl (C=O) groups is 1. The topological polar surface area (TPSA) is 29.6 Å². The lowest BCUT2D eigenvalue weighted by atomic mass is 10.00. The summed E-state index contributed by atoms with van der Waals surface area (Å²) in [6.07, 6.45) is -0.382. The first kappa shape index (κ1) is 11.2. The van der Waals surface area contributed by atoms with Crippen LogP contribution in [0.25, 0.3) is 0 Å². The van der Waals surface area contributed by atoms with Crippen molar-refractivity contribution in [2.24, 2.45) is 0 Å². The van der Waals surface area contributed by atoms with Crippen molar-refractivity contribution >= 4 is 5.78 Å². The van der Waals surface area contributed by atoms with Crippen LogP contribution < -0.4 is 0 Å². The van der Waals surface area contributed by atoms with E-state index in [4.69, 9.17) is 4.74 Å². The van der Waals surface area contributed by atoms with Gasteiger partial charge in [0.2, 0.25) is 0 Å². The molecule has 2 aromatic carbocycles. The smallest absolute Gasteiger partial charge is 0.194 e. The Kier molecular flexibility index (Phi) is 2.73. The SMILES string of the molecule is Cc1ccccc1[C@H]1O[C@@H]1C(=O)c1ccccc1. The Morgan fingerprint density at radius 3 is 2.39 bits per heavy atom. The molecule has 3 rings (SSSR count). The first-order chi connectivity index (χ1) is 8.77. The molecule has 2 atom stereocenters. The van der Waals surface area contributed by atoms with Crippen LogP contribution in [-0.4, -0.2) is 11.9 Å². The van der Waals surface area contributed by atoms with Gasteiger partial charge in [0.15, 0.2) is 11.9 Å². The zero-order valence-electron chi connectivity index (χ0n) is 10.2. The quantitative estimate of drug-likeness (QED) is 0.606. The molecule has 0 aromatic heterocycles. The van der Waals surface area contributed by atoms with Gasteiger partial charge < -0.3 is 4.74 Å². The van der Waals surface area contributed by atoms with Gasteiger partial charge in [-0.1, -0.05) is 54.6 Å². The number of ether oxygens (including phenoxy) is 1. The zero-order valence-corrected chi connectivity index (χ0v) is 10.2. The van der Waals surface area contributed by atoms with Gasteiger partial charge in [-0.2, -0.15) is 0 Å². The highest BCUT2D eigenvalue weighted by Crippen LogP contribution is 2.41. The molecule has 90 valence electrons. The number of rotatable bonds is 3. The van der Waals surface area contributed by atoms with Crippen molar-refractivity contribution in [1.82, 2.24) is 0 Å². The summed E-state index contributed by atoms with van der Waals surface area (Å²) in [5, 5.41) is 0. The maximum absolute atomic E-state index is 12.2. The molecule has 0 spiro atoms. The van der Waals surface area contributed by atoms with E-state index in [1.165, 1.54) is 5.56 Å². The summed E-state index contributed by atoms with van der Waals surface area (Å²) in [6.45, 7) is 2.04. The second kappa shape index (κ2) is 4.39. The van der Waals surface area contributed by atoms with Crippen molar-refractivity contribution < 1.29 is 9.53 Å². The highest BCUT2D eigenvalue weighted by atomic mass is 16.6. The van der Waals surface area contributed by atoms with Gasteiger partial charge in [-0.3, -0.25) is 4.79 Å². The molecular formula is C16H14O2. The lowest BCUT2D eigenvalue weighted by Crippen LogP contribution is -2.08. The molecule has 0 aliphatic carbocycles. The third-order valence-corrected chi connectivity index (χ3v) is 3.30. The Morgan fingerprint density at radius 1 is 1.00 bits per heavy atom. The van der Waals surface area contributed by atoms with Crippen LogP contribution >= 0.6 is 0 Å². The molecule has 0 saturated carbocycles. The summed E-state index contributed by atoms with van der Waals surface area (Å²) in [5.41, 5.74) is 3.01. The molecule has 0 N–H and O–H groups in total. The van der Waals surface area contributed by atoms with Crippen LogP contribution in [0.2, 0.25) is 0 Å². The molecule has 2 nitrogen and oxygen atoms in total. The second-order valence-corrected chi connectivity index (χ2v) is 4.56. The minimum absolute atomic E-state index is 0.0705. The number of ketones is 1. The maximum atomic E-state index is 12.2.